The SMILES string of the molecule is CC(=O)Nc1ccc(-c2ccc3nc(NC(C)=O)nc(NCCC(C)C)c3c2)cc1. The Hall–Kier alpha value is -3.48. The van der Waals surface area contributed by atoms with Crippen LogP contribution in [0.5, 0.6) is 0 Å². The fourth-order valence-corrected chi connectivity index (χ4v) is 3.08. The third-order valence-electron chi connectivity index (χ3n) is 4.54. The van der Waals surface area contributed by atoms with Crippen LogP contribution in [0.4, 0.5) is 17.5 Å². The van der Waals surface area contributed by atoms with E-state index in [0.29, 0.717) is 11.7 Å². The molecule has 0 spiro atoms. The molecule has 7 heteroatoms. The van der Waals surface area contributed by atoms with Crippen LogP contribution < -0.4 is 16.0 Å². The Bertz CT molecular complexity index is 1060. The molecule has 3 aromatic rings. The molecule has 0 aliphatic rings. The van der Waals surface area contributed by atoms with Gasteiger partial charge in [0.05, 0.1) is 5.52 Å². The Morgan fingerprint density at radius 1 is 0.900 bits per heavy atom. The average molecular weight is 406 g/mol. The zero-order chi connectivity index (χ0) is 21.7. The van der Waals surface area contributed by atoms with Crippen molar-refractivity contribution in [3.8, 4) is 11.1 Å². The third kappa shape index (κ3) is 5.53. The average Bonchev–Trinajstić information content (AvgIpc) is 2.67. The molecule has 0 fully saturated rings. The van der Waals surface area contributed by atoms with E-state index in [4.69, 9.17) is 0 Å². The molecule has 0 radical (unpaired) electrons. The fraction of sp³-hybridized carbons (Fsp3) is 0.304. The predicted molar refractivity (Wildman–Crippen MR) is 122 cm³/mol. The number of aromatic nitrogens is 2. The molecule has 0 saturated carbocycles. The van der Waals surface area contributed by atoms with E-state index < -0.39 is 0 Å². The lowest BCUT2D eigenvalue weighted by Gasteiger charge is -2.13. The van der Waals surface area contributed by atoms with Gasteiger partial charge in [0, 0.05) is 31.5 Å². The summed E-state index contributed by atoms with van der Waals surface area (Å²) in [4.78, 5) is 31.7. The Morgan fingerprint density at radius 3 is 2.20 bits per heavy atom. The van der Waals surface area contributed by atoms with Crippen molar-refractivity contribution in [2.24, 2.45) is 5.92 Å². The Kier molecular flexibility index (Phi) is 6.61. The summed E-state index contributed by atoms with van der Waals surface area (Å²) in [6, 6.07) is 13.6. The van der Waals surface area contributed by atoms with E-state index in [0.717, 1.165) is 40.7 Å². The first-order valence-electron chi connectivity index (χ1n) is 10.0. The quantitative estimate of drug-likeness (QED) is 0.531. The summed E-state index contributed by atoms with van der Waals surface area (Å²) in [6.07, 6.45) is 1.01. The molecular formula is C23H27N5O2. The maximum Gasteiger partial charge on any atom is 0.231 e. The number of rotatable bonds is 7. The normalized spacial score (nSPS) is 10.8. The topological polar surface area (TPSA) is 96.0 Å². The van der Waals surface area contributed by atoms with E-state index in [1.165, 1.54) is 13.8 Å². The molecule has 0 aliphatic carbocycles. The number of carbonyl (C=O) groups excluding carboxylic acids is 2. The molecule has 30 heavy (non-hydrogen) atoms. The monoisotopic (exact) mass is 405 g/mol. The summed E-state index contributed by atoms with van der Waals surface area (Å²) in [5.41, 5.74) is 3.54. The Labute approximate surface area is 176 Å². The van der Waals surface area contributed by atoms with Crippen molar-refractivity contribution < 1.29 is 9.59 Å². The lowest BCUT2D eigenvalue weighted by Crippen LogP contribution is -2.12. The number of carbonyl (C=O) groups is 2. The second-order valence-corrected chi connectivity index (χ2v) is 7.68. The van der Waals surface area contributed by atoms with Crippen LogP contribution in [0, 0.1) is 5.92 Å². The van der Waals surface area contributed by atoms with Crippen LogP contribution in [-0.4, -0.2) is 28.3 Å². The van der Waals surface area contributed by atoms with Crippen molar-refractivity contribution in [2.75, 3.05) is 22.5 Å². The van der Waals surface area contributed by atoms with Crippen LogP contribution in [0.2, 0.25) is 0 Å². The minimum atomic E-state index is -0.210. The number of hydrogen-bond donors (Lipinski definition) is 3. The van der Waals surface area contributed by atoms with Crippen molar-refractivity contribution in [2.45, 2.75) is 34.1 Å². The predicted octanol–water partition coefficient (Wildman–Crippen LogP) is 4.67. The maximum absolute atomic E-state index is 11.5. The zero-order valence-electron chi connectivity index (χ0n) is 17.7. The number of benzene rings is 2. The van der Waals surface area contributed by atoms with Gasteiger partial charge in [-0.2, -0.15) is 4.98 Å². The largest absolute Gasteiger partial charge is 0.369 e. The highest BCUT2D eigenvalue weighted by Gasteiger charge is 2.11. The smallest absolute Gasteiger partial charge is 0.231 e. The van der Waals surface area contributed by atoms with Crippen LogP contribution in [0.25, 0.3) is 22.0 Å². The molecular weight excluding hydrogens is 378 g/mol. The molecule has 2 amide bonds. The molecule has 0 bridgehead atoms. The summed E-state index contributed by atoms with van der Waals surface area (Å²) >= 11 is 0. The van der Waals surface area contributed by atoms with Crippen molar-refractivity contribution in [3.05, 3.63) is 42.5 Å². The molecule has 1 heterocycles. The second kappa shape index (κ2) is 9.35. The molecule has 1 aromatic heterocycles. The van der Waals surface area contributed by atoms with Crippen molar-refractivity contribution in [3.63, 3.8) is 0 Å². The second-order valence-electron chi connectivity index (χ2n) is 7.68. The number of nitrogens with zero attached hydrogens (tertiary/aromatic N) is 2. The lowest BCUT2D eigenvalue weighted by atomic mass is 10.0. The number of anilines is 3. The van der Waals surface area contributed by atoms with E-state index in [9.17, 15) is 9.59 Å². The van der Waals surface area contributed by atoms with Gasteiger partial charge < -0.3 is 10.6 Å². The van der Waals surface area contributed by atoms with Gasteiger partial charge in [0.15, 0.2) is 0 Å². The maximum atomic E-state index is 11.5. The van der Waals surface area contributed by atoms with Crippen molar-refractivity contribution >= 4 is 40.2 Å². The fourth-order valence-electron chi connectivity index (χ4n) is 3.08. The van der Waals surface area contributed by atoms with E-state index in [1.807, 2.05) is 42.5 Å². The summed E-state index contributed by atoms with van der Waals surface area (Å²) in [5, 5.41) is 9.72. The summed E-state index contributed by atoms with van der Waals surface area (Å²) in [7, 11) is 0. The summed E-state index contributed by atoms with van der Waals surface area (Å²) in [5.74, 6) is 1.24. The first-order chi connectivity index (χ1) is 14.3. The number of fused-ring (bicyclic) bond motifs is 1. The van der Waals surface area contributed by atoms with E-state index >= 15 is 0 Å². The van der Waals surface area contributed by atoms with E-state index in [-0.39, 0.29) is 17.8 Å². The highest BCUT2D eigenvalue weighted by Crippen LogP contribution is 2.29. The highest BCUT2D eigenvalue weighted by molar-refractivity contribution is 5.95. The van der Waals surface area contributed by atoms with Crippen LogP contribution in [0.1, 0.15) is 34.1 Å². The van der Waals surface area contributed by atoms with Gasteiger partial charge in [-0.3, -0.25) is 14.9 Å². The number of amides is 2. The molecule has 0 unspecified atom stereocenters. The van der Waals surface area contributed by atoms with Gasteiger partial charge in [0.2, 0.25) is 17.8 Å². The number of nitrogens with one attached hydrogen (secondary N) is 3. The van der Waals surface area contributed by atoms with Crippen LogP contribution in [0.3, 0.4) is 0 Å². The minimum absolute atomic E-state index is 0.0994. The molecule has 156 valence electrons. The third-order valence-corrected chi connectivity index (χ3v) is 4.54. The first-order valence-corrected chi connectivity index (χ1v) is 10.0. The standard InChI is InChI=1S/C23H27N5O2/c1-14(2)11-12-24-22-20-13-18(17-5-8-19(9-6-17)25-15(3)29)7-10-21(20)27-23(28-22)26-16(4)30/h5-10,13-14H,11-12H2,1-4H3,(H,25,29)(H2,24,26,27,28,30). The van der Waals surface area contributed by atoms with Gasteiger partial charge in [-0.25, -0.2) is 4.98 Å². The molecule has 0 saturated heterocycles. The zero-order valence-corrected chi connectivity index (χ0v) is 17.7. The molecule has 2 aromatic carbocycles. The Balaban J connectivity index is 1.97. The molecule has 7 nitrogen and oxygen atoms in total. The van der Waals surface area contributed by atoms with Gasteiger partial charge in [-0.15, -0.1) is 0 Å². The van der Waals surface area contributed by atoms with Crippen LogP contribution >= 0.6 is 0 Å². The first kappa shape index (κ1) is 21.2. The summed E-state index contributed by atoms with van der Waals surface area (Å²) < 4.78 is 0. The minimum Gasteiger partial charge on any atom is -0.369 e. The van der Waals surface area contributed by atoms with Crippen molar-refractivity contribution in [1.82, 2.24) is 9.97 Å². The van der Waals surface area contributed by atoms with Gasteiger partial charge in [0.25, 0.3) is 0 Å². The molecule has 3 rings (SSSR count). The molecule has 3 N–H and O–H groups in total. The Morgan fingerprint density at radius 2 is 1.57 bits per heavy atom. The van der Waals surface area contributed by atoms with E-state index in [2.05, 4.69) is 39.8 Å². The van der Waals surface area contributed by atoms with Gasteiger partial charge >= 0.3 is 0 Å². The number of hydrogen-bond acceptors (Lipinski definition) is 5. The van der Waals surface area contributed by atoms with Gasteiger partial charge in [-0.05, 0) is 47.7 Å². The van der Waals surface area contributed by atoms with Gasteiger partial charge in [0.1, 0.15) is 5.82 Å². The van der Waals surface area contributed by atoms with Crippen LogP contribution in [0.15, 0.2) is 42.5 Å². The molecule has 0 aliphatic heterocycles. The highest BCUT2D eigenvalue weighted by atomic mass is 16.2. The van der Waals surface area contributed by atoms with Crippen molar-refractivity contribution in [1.29, 1.82) is 0 Å². The lowest BCUT2D eigenvalue weighted by molar-refractivity contribution is -0.115. The summed E-state index contributed by atoms with van der Waals surface area (Å²) in [6.45, 7) is 8.04. The molecule has 0 atom stereocenters. The van der Waals surface area contributed by atoms with Gasteiger partial charge in [-0.1, -0.05) is 32.0 Å². The van der Waals surface area contributed by atoms with Crippen LogP contribution in [-0.2, 0) is 9.59 Å². The van der Waals surface area contributed by atoms with E-state index in [1.54, 1.807) is 0 Å².